The van der Waals surface area contributed by atoms with Crippen LogP contribution in [0.4, 0.5) is 10.5 Å². The maximum atomic E-state index is 11.9. The summed E-state index contributed by atoms with van der Waals surface area (Å²) < 4.78 is 7.43. The number of ether oxygens (including phenoxy) is 1. The van der Waals surface area contributed by atoms with Crippen molar-refractivity contribution in [2.75, 3.05) is 24.9 Å². The number of carbonyl (C=O) groups excluding carboxylic acids is 1. The molecule has 7 heteroatoms. The lowest BCUT2D eigenvalue weighted by molar-refractivity contribution is 0.252. The van der Waals surface area contributed by atoms with E-state index >= 15 is 0 Å². The Kier molecular flexibility index (Phi) is 6.07. The zero-order valence-electron chi connectivity index (χ0n) is 15.8. The monoisotopic (exact) mass is 396 g/mol. The summed E-state index contributed by atoms with van der Waals surface area (Å²) in [6, 6.07) is 15.2. The van der Waals surface area contributed by atoms with Gasteiger partial charge in [0.25, 0.3) is 0 Å². The molecule has 0 aliphatic carbocycles. The maximum Gasteiger partial charge on any atom is 0.319 e. The molecule has 0 fully saturated rings. The largest absolute Gasteiger partial charge is 0.497 e. The first kappa shape index (κ1) is 19.6. The van der Waals surface area contributed by atoms with Crippen LogP contribution in [0.15, 0.2) is 42.5 Å². The summed E-state index contributed by atoms with van der Waals surface area (Å²) in [6.07, 6.45) is 0. The molecule has 2 amide bonds. The molecule has 0 saturated carbocycles. The molecular formula is C21H21ClN4O2. The van der Waals surface area contributed by atoms with E-state index in [1.54, 1.807) is 13.2 Å². The van der Waals surface area contributed by atoms with Crippen LogP contribution in [0.25, 0.3) is 22.2 Å². The van der Waals surface area contributed by atoms with Crippen molar-refractivity contribution in [1.82, 2.24) is 9.88 Å². The van der Waals surface area contributed by atoms with Crippen LogP contribution in [-0.2, 0) is 6.54 Å². The molecular weight excluding hydrogens is 376 g/mol. The van der Waals surface area contributed by atoms with Crippen molar-refractivity contribution in [2.24, 2.45) is 0 Å². The summed E-state index contributed by atoms with van der Waals surface area (Å²) in [5.41, 5.74) is 3.84. The molecule has 0 bridgehead atoms. The van der Waals surface area contributed by atoms with Crippen molar-refractivity contribution in [3.05, 3.63) is 48.0 Å². The number of nitrogens with zero attached hydrogens (tertiary/aromatic N) is 2. The molecule has 3 rings (SSSR count). The quantitative estimate of drug-likeness (QED) is 0.599. The van der Waals surface area contributed by atoms with Crippen molar-refractivity contribution in [3.63, 3.8) is 0 Å². The molecule has 1 heterocycles. The summed E-state index contributed by atoms with van der Waals surface area (Å²) in [5.74, 6) is 1.08. The van der Waals surface area contributed by atoms with E-state index in [0.717, 1.165) is 27.9 Å². The highest BCUT2D eigenvalue weighted by molar-refractivity contribution is 6.18. The number of anilines is 1. The normalized spacial score (nSPS) is 10.5. The Morgan fingerprint density at radius 3 is 2.79 bits per heavy atom. The number of hydrogen-bond donors (Lipinski definition) is 2. The van der Waals surface area contributed by atoms with E-state index in [9.17, 15) is 10.1 Å². The van der Waals surface area contributed by atoms with Crippen molar-refractivity contribution in [2.45, 2.75) is 13.5 Å². The number of aryl methyl sites for hydroxylation is 1. The highest BCUT2D eigenvalue weighted by atomic mass is 35.5. The molecule has 0 aliphatic heterocycles. The Balaban J connectivity index is 2.09. The minimum atomic E-state index is -0.320. The smallest absolute Gasteiger partial charge is 0.319 e. The number of amides is 2. The van der Waals surface area contributed by atoms with Crippen LogP contribution in [-0.4, -0.2) is 30.1 Å². The van der Waals surface area contributed by atoms with Gasteiger partial charge in [-0.3, -0.25) is 0 Å². The van der Waals surface area contributed by atoms with E-state index in [1.807, 2.05) is 43.3 Å². The Morgan fingerprint density at radius 2 is 2.11 bits per heavy atom. The van der Waals surface area contributed by atoms with E-state index in [4.69, 9.17) is 16.3 Å². The number of hydrogen-bond acceptors (Lipinski definition) is 3. The average Bonchev–Trinajstić information content (AvgIpc) is 3.04. The number of urea groups is 1. The molecule has 0 saturated heterocycles. The van der Waals surface area contributed by atoms with Crippen LogP contribution in [0, 0.1) is 11.3 Å². The molecule has 1 aromatic heterocycles. The fraction of sp³-hybridized carbons (Fsp3) is 0.238. The number of fused-ring (bicyclic) bond motifs is 1. The Bertz CT molecular complexity index is 1050. The molecule has 0 atom stereocenters. The highest BCUT2D eigenvalue weighted by Crippen LogP contribution is 2.36. The predicted molar refractivity (Wildman–Crippen MR) is 112 cm³/mol. The van der Waals surface area contributed by atoms with E-state index in [2.05, 4.69) is 21.3 Å². The van der Waals surface area contributed by atoms with E-state index in [-0.39, 0.29) is 6.03 Å². The minimum absolute atomic E-state index is 0.320. The third-order valence-corrected chi connectivity index (χ3v) is 4.66. The third kappa shape index (κ3) is 3.75. The van der Waals surface area contributed by atoms with Crippen LogP contribution in [0.5, 0.6) is 5.75 Å². The van der Waals surface area contributed by atoms with Gasteiger partial charge in [0.1, 0.15) is 11.8 Å². The number of rotatable bonds is 6. The minimum Gasteiger partial charge on any atom is -0.497 e. The fourth-order valence-corrected chi connectivity index (χ4v) is 3.37. The molecule has 2 N–H and O–H groups in total. The molecule has 0 spiro atoms. The van der Waals surface area contributed by atoms with E-state index < -0.39 is 0 Å². The first-order valence-electron chi connectivity index (χ1n) is 8.94. The van der Waals surface area contributed by atoms with Gasteiger partial charge in [-0.15, -0.1) is 11.6 Å². The Labute approximate surface area is 168 Å². The van der Waals surface area contributed by atoms with Gasteiger partial charge in [-0.05, 0) is 31.2 Å². The zero-order chi connectivity index (χ0) is 20.1. The van der Waals surface area contributed by atoms with Crippen molar-refractivity contribution < 1.29 is 9.53 Å². The van der Waals surface area contributed by atoms with E-state index in [1.165, 1.54) is 0 Å². The number of benzene rings is 2. The standard InChI is InChI=1S/C21H21ClN4O2/c1-3-26-19-12-16(28-2)7-8-17(19)18(13-23)20(26)14-5-4-6-15(11-14)25-21(27)24-10-9-22/h4-8,11-12H,3,9-10H2,1-2H3,(H2,24,25,27). The summed E-state index contributed by atoms with van der Waals surface area (Å²) in [5, 5.41) is 16.2. The number of carbonyl (C=O) groups is 1. The Morgan fingerprint density at radius 1 is 1.29 bits per heavy atom. The van der Waals surface area contributed by atoms with Crippen LogP contribution >= 0.6 is 11.6 Å². The highest BCUT2D eigenvalue weighted by Gasteiger charge is 2.19. The second-order valence-electron chi connectivity index (χ2n) is 6.11. The lowest BCUT2D eigenvalue weighted by Crippen LogP contribution is -2.30. The molecule has 3 aromatic rings. The van der Waals surface area contributed by atoms with Crippen LogP contribution in [0.3, 0.4) is 0 Å². The maximum absolute atomic E-state index is 11.9. The number of halogens is 1. The predicted octanol–water partition coefficient (Wildman–Crippen LogP) is 4.57. The molecule has 0 radical (unpaired) electrons. The topological polar surface area (TPSA) is 79.1 Å². The number of methoxy groups -OCH3 is 1. The van der Waals surface area contributed by atoms with Gasteiger partial charge >= 0.3 is 6.03 Å². The second-order valence-corrected chi connectivity index (χ2v) is 6.49. The second kappa shape index (κ2) is 8.68. The fourth-order valence-electron chi connectivity index (χ4n) is 3.28. The molecule has 6 nitrogen and oxygen atoms in total. The van der Waals surface area contributed by atoms with E-state index in [0.29, 0.717) is 30.2 Å². The molecule has 0 aliphatic rings. The molecule has 0 unspecified atom stereocenters. The SMILES string of the molecule is CCn1c(-c2cccc(NC(=O)NCCCl)c2)c(C#N)c2ccc(OC)cc21. The molecule has 144 valence electrons. The number of nitrogens with one attached hydrogen (secondary N) is 2. The lowest BCUT2D eigenvalue weighted by atomic mass is 10.1. The van der Waals surface area contributed by atoms with Crippen molar-refractivity contribution in [3.8, 4) is 23.1 Å². The third-order valence-electron chi connectivity index (χ3n) is 4.47. The zero-order valence-corrected chi connectivity index (χ0v) is 16.5. The number of alkyl halides is 1. The average molecular weight is 397 g/mol. The van der Waals surface area contributed by atoms with Gasteiger partial charge in [0.2, 0.25) is 0 Å². The summed E-state index contributed by atoms with van der Waals surface area (Å²) in [7, 11) is 1.62. The Hall–Kier alpha value is -3.17. The van der Waals surface area contributed by atoms with Crippen molar-refractivity contribution in [1.29, 1.82) is 5.26 Å². The van der Waals surface area contributed by atoms with Crippen LogP contribution in [0.2, 0.25) is 0 Å². The van der Waals surface area contributed by atoms with Gasteiger partial charge in [-0.25, -0.2) is 4.79 Å². The first-order chi connectivity index (χ1) is 13.6. The van der Waals surface area contributed by atoms with Crippen LogP contribution < -0.4 is 15.4 Å². The number of nitriles is 1. The molecule has 2 aromatic carbocycles. The lowest BCUT2D eigenvalue weighted by Gasteiger charge is -2.11. The van der Waals surface area contributed by atoms with Crippen molar-refractivity contribution >= 4 is 34.2 Å². The van der Waals surface area contributed by atoms with Gasteiger partial charge in [0.05, 0.1) is 23.9 Å². The van der Waals surface area contributed by atoms with Gasteiger partial charge in [0, 0.05) is 41.7 Å². The summed E-state index contributed by atoms with van der Waals surface area (Å²) in [6.45, 7) is 3.11. The van der Waals surface area contributed by atoms with Gasteiger partial charge in [0.15, 0.2) is 0 Å². The van der Waals surface area contributed by atoms with Gasteiger partial charge in [-0.2, -0.15) is 5.26 Å². The van der Waals surface area contributed by atoms with Crippen LogP contribution in [0.1, 0.15) is 12.5 Å². The first-order valence-corrected chi connectivity index (χ1v) is 9.48. The molecule has 28 heavy (non-hydrogen) atoms. The van der Waals surface area contributed by atoms with Gasteiger partial charge < -0.3 is 19.9 Å². The summed E-state index contributed by atoms with van der Waals surface area (Å²) >= 11 is 5.60. The van der Waals surface area contributed by atoms with Gasteiger partial charge in [-0.1, -0.05) is 12.1 Å². The summed E-state index contributed by atoms with van der Waals surface area (Å²) in [4.78, 5) is 11.9. The number of aromatic nitrogens is 1.